The number of hydrogen-bond donors (Lipinski definition) is 2. The van der Waals surface area contributed by atoms with Crippen LogP contribution in [-0.4, -0.2) is 5.91 Å². The van der Waals surface area contributed by atoms with Crippen LogP contribution in [0.3, 0.4) is 0 Å². The van der Waals surface area contributed by atoms with E-state index >= 15 is 0 Å². The van der Waals surface area contributed by atoms with Crippen molar-refractivity contribution < 1.29 is 9.53 Å². The van der Waals surface area contributed by atoms with Crippen molar-refractivity contribution in [2.45, 2.75) is 25.3 Å². The fraction of sp³-hybridized carbons (Fsp3) is 0.235. The molecule has 1 aliphatic carbocycles. The highest BCUT2D eigenvalue weighted by Gasteiger charge is 2.27. The lowest BCUT2D eigenvalue weighted by molar-refractivity contribution is -0.116. The van der Waals surface area contributed by atoms with Gasteiger partial charge in [-0.25, -0.2) is 0 Å². The van der Waals surface area contributed by atoms with E-state index in [4.69, 9.17) is 10.5 Å². The van der Waals surface area contributed by atoms with Gasteiger partial charge in [-0.2, -0.15) is 0 Å². The van der Waals surface area contributed by atoms with Crippen LogP contribution >= 0.6 is 0 Å². The number of aryl methyl sites for hydroxylation is 2. The van der Waals surface area contributed by atoms with Crippen LogP contribution in [0.4, 0.5) is 5.69 Å². The summed E-state index contributed by atoms with van der Waals surface area (Å²) in [7, 11) is 0. The molecule has 1 unspecified atom stereocenters. The molecule has 0 bridgehead atoms. The van der Waals surface area contributed by atoms with E-state index in [9.17, 15) is 4.79 Å². The lowest BCUT2D eigenvalue weighted by Gasteiger charge is -2.09. The third-order valence-electron chi connectivity index (χ3n) is 4.21. The molecule has 1 heterocycles. The molecule has 0 saturated heterocycles. The second kappa shape index (κ2) is 4.60. The number of fused-ring (bicyclic) bond motifs is 2. The molecule has 0 spiro atoms. The van der Waals surface area contributed by atoms with Gasteiger partial charge in [0.15, 0.2) is 0 Å². The molecule has 0 fully saturated rings. The minimum Gasteiger partial charge on any atom is -0.457 e. The molecular formula is C17H16N2O2. The van der Waals surface area contributed by atoms with Crippen LogP contribution < -0.4 is 15.8 Å². The Balaban J connectivity index is 1.61. The summed E-state index contributed by atoms with van der Waals surface area (Å²) in [4.78, 5) is 11.6. The van der Waals surface area contributed by atoms with Crippen molar-refractivity contribution in [1.82, 2.24) is 0 Å². The summed E-state index contributed by atoms with van der Waals surface area (Å²) in [6, 6.07) is 11.2. The van der Waals surface area contributed by atoms with E-state index in [-0.39, 0.29) is 5.91 Å². The number of hydrogen-bond acceptors (Lipinski definition) is 3. The highest BCUT2D eigenvalue weighted by molar-refractivity contribution is 6.02. The zero-order valence-corrected chi connectivity index (χ0v) is 11.6. The zero-order chi connectivity index (χ0) is 14.4. The van der Waals surface area contributed by atoms with Crippen molar-refractivity contribution in [3.8, 4) is 11.5 Å². The topological polar surface area (TPSA) is 64.4 Å². The number of nitrogens with two attached hydrogens (primary N) is 1. The Morgan fingerprint density at radius 2 is 1.81 bits per heavy atom. The van der Waals surface area contributed by atoms with Crippen molar-refractivity contribution >= 4 is 11.6 Å². The summed E-state index contributed by atoms with van der Waals surface area (Å²) >= 11 is 0. The predicted molar refractivity (Wildman–Crippen MR) is 80.5 cm³/mol. The Bertz CT molecular complexity index is 740. The molecule has 1 amide bonds. The van der Waals surface area contributed by atoms with E-state index in [1.54, 1.807) is 0 Å². The lowest BCUT2D eigenvalue weighted by atomic mass is 10.1. The van der Waals surface area contributed by atoms with Crippen molar-refractivity contribution in [2.24, 2.45) is 5.73 Å². The highest BCUT2D eigenvalue weighted by Crippen LogP contribution is 2.35. The van der Waals surface area contributed by atoms with E-state index in [1.807, 2.05) is 24.3 Å². The van der Waals surface area contributed by atoms with E-state index in [0.29, 0.717) is 5.75 Å². The van der Waals surface area contributed by atoms with Gasteiger partial charge in [-0.3, -0.25) is 4.79 Å². The molecule has 4 heteroatoms. The van der Waals surface area contributed by atoms with E-state index in [0.717, 1.165) is 23.4 Å². The highest BCUT2D eigenvalue weighted by atomic mass is 16.5. The molecule has 2 aromatic carbocycles. The van der Waals surface area contributed by atoms with Gasteiger partial charge in [0.2, 0.25) is 5.91 Å². The SMILES string of the molecule is NC1C(=O)Nc2cc(Oc3ccc4c(c3)CCC4)ccc21. The molecule has 4 rings (SSSR count). The average molecular weight is 280 g/mol. The molecule has 1 atom stereocenters. The average Bonchev–Trinajstić information content (AvgIpc) is 3.04. The van der Waals surface area contributed by atoms with Crippen molar-refractivity contribution in [3.05, 3.63) is 53.1 Å². The van der Waals surface area contributed by atoms with Crippen LogP contribution in [0.25, 0.3) is 0 Å². The molecule has 0 aromatic heterocycles. The minimum atomic E-state index is -0.575. The van der Waals surface area contributed by atoms with Crippen LogP contribution in [0.1, 0.15) is 29.2 Å². The Morgan fingerprint density at radius 1 is 1.05 bits per heavy atom. The number of rotatable bonds is 2. The van der Waals surface area contributed by atoms with E-state index in [2.05, 4.69) is 17.4 Å². The molecule has 0 saturated carbocycles. The van der Waals surface area contributed by atoms with Crippen LogP contribution in [0.2, 0.25) is 0 Å². The number of ether oxygens (including phenoxy) is 1. The first kappa shape index (κ1) is 12.4. The summed E-state index contributed by atoms with van der Waals surface area (Å²) < 4.78 is 5.91. The summed E-state index contributed by atoms with van der Waals surface area (Å²) in [6.07, 6.45) is 3.52. The van der Waals surface area contributed by atoms with Gasteiger partial charge in [0, 0.05) is 17.3 Å². The molecule has 21 heavy (non-hydrogen) atoms. The summed E-state index contributed by atoms with van der Waals surface area (Å²) in [5.41, 5.74) is 10.2. The largest absolute Gasteiger partial charge is 0.457 e. The van der Waals surface area contributed by atoms with Gasteiger partial charge in [-0.1, -0.05) is 12.1 Å². The Hall–Kier alpha value is -2.33. The molecule has 1 aliphatic heterocycles. The molecular weight excluding hydrogens is 264 g/mol. The van der Waals surface area contributed by atoms with Crippen molar-refractivity contribution in [1.29, 1.82) is 0 Å². The first-order chi connectivity index (χ1) is 10.2. The first-order valence-corrected chi connectivity index (χ1v) is 7.21. The van der Waals surface area contributed by atoms with E-state index < -0.39 is 6.04 Å². The second-order valence-corrected chi connectivity index (χ2v) is 5.60. The summed E-state index contributed by atoms with van der Waals surface area (Å²) in [6.45, 7) is 0. The van der Waals surface area contributed by atoms with Gasteiger partial charge in [0.1, 0.15) is 17.5 Å². The fourth-order valence-electron chi connectivity index (χ4n) is 3.08. The maximum atomic E-state index is 11.6. The zero-order valence-electron chi connectivity index (χ0n) is 11.6. The first-order valence-electron chi connectivity index (χ1n) is 7.21. The van der Waals surface area contributed by atoms with Gasteiger partial charge >= 0.3 is 0 Å². The van der Waals surface area contributed by atoms with Crippen LogP contribution in [0, 0.1) is 0 Å². The van der Waals surface area contributed by atoms with Gasteiger partial charge in [0.25, 0.3) is 0 Å². The minimum absolute atomic E-state index is 0.167. The Labute approximate surface area is 122 Å². The predicted octanol–water partition coefficient (Wildman–Crippen LogP) is 2.92. The van der Waals surface area contributed by atoms with Crippen molar-refractivity contribution in [3.63, 3.8) is 0 Å². The van der Waals surface area contributed by atoms with Crippen LogP contribution in [0.5, 0.6) is 11.5 Å². The normalized spacial score (nSPS) is 19.1. The molecule has 2 aromatic rings. The molecule has 4 nitrogen and oxygen atoms in total. The Morgan fingerprint density at radius 3 is 2.71 bits per heavy atom. The van der Waals surface area contributed by atoms with E-state index in [1.165, 1.54) is 24.0 Å². The standard InChI is InChI=1S/C17H16N2O2/c18-16-14-7-6-13(9-15(14)19-17(16)20)21-12-5-4-10-2-1-3-11(10)8-12/h4-9,16H,1-3,18H2,(H,19,20). The van der Waals surface area contributed by atoms with Gasteiger partial charge < -0.3 is 15.8 Å². The monoisotopic (exact) mass is 280 g/mol. The number of carbonyl (C=O) groups excluding carboxylic acids is 1. The third-order valence-corrected chi connectivity index (χ3v) is 4.21. The van der Waals surface area contributed by atoms with Crippen LogP contribution in [-0.2, 0) is 17.6 Å². The second-order valence-electron chi connectivity index (χ2n) is 5.60. The number of nitrogens with one attached hydrogen (secondary N) is 1. The summed E-state index contributed by atoms with van der Waals surface area (Å²) in [5, 5.41) is 2.77. The molecule has 3 N–H and O–H groups in total. The number of carbonyl (C=O) groups is 1. The van der Waals surface area contributed by atoms with Crippen molar-refractivity contribution in [2.75, 3.05) is 5.32 Å². The molecule has 106 valence electrons. The quantitative estimate of drug-likeness (QED) is 0.889. The van der Waals surface area contributed by atoms with Crippen LogP contribution in [0.15, 0.2) is 36.4 Å². The maximum Gasteiger partial charge on any atom is 0.245 e. The summed E-state index contributed by atoms with van der Waals surface area (Å²) in [5.74, 6) is 1.38. The lowest BCUT2D eigenvalue weighted by Crippen LogP contribution is -2.19. The number of benzene rings is 2. The number of amides is 1. The number of anilines is 1. The molecule has 0 radical (unpaired) electrons. The molecule has 2 aliphatic rings. The van der Waals surface area contributed by atoms with Gasteiger partial charge in [-0.05, 0) is 48.6 Å². The Kier molecular flexibility index (Phi) is 2.72. The smallest absolute Gasteiger partial charge is 0.245 e. The maximum absolute atomic E-state index is 11.6. The van der Waals surface area contributed by atoms with Gasteiger partial charge in [-0.15, -0.1) is 0 Å². The third kappa shape index (κ3) is 2.08. The fourth-order valence-corrected chi connectivity index (χ4v) is 3.08. The van der Waals surface area contributed by atoms with Gasteiger partial charge in [0.05, 0.1) is 0 Å².